The number of hydrogen-bond acceptors (Lipinski definition) is 3. The van der Waals surface area contributed by atoms with Crippen LogP contribution in [-0.4, -0.2) is 29.6 Å². The van der Waals surface area contributed by atoms with Crippen molar-refractivity contribution in [2.45, 2.75) is 26.8 Å². The van der Waals surface area contributed by atoms with Crippen LogP contribution in [0.5, 0.6) is 0 Å². The van der Waals surface area contributed by atoms with Crippen LogP contribution in [0.2, 0.25) is 0 Å². The molecule has 0 aliphatic carbocycles. The summed E-state index contributed by atoms with van der Waals surface area (Å²) in [5.41, 5.74) is 5.42. The molecule has 0 heterocycles. The van der Waals surface area contributed by atoms with Gasteiger partial charge >= 0.3 is 12.0 Å². The molecule has 0 spiro atoms. The van der Waals surface area contributed by atoms with Crippen molar-refractivity contribution in [2.24, 2.45) is 11.1 Å². The topological polar surface area (TPSA) is 122 Å². The lowest BCUT2D eigenvalue weighted by molar-refractivity contribution is -0.147. The van der Waals surface area contributed by atoms with Crippen LogP contribution in [0.15, 0.2) is 24.3 Å². The highest BCUT2D eigenvalue weighted by molar-refractivity contribution is 5.92. The van der Waals surface area contributed by atoms with E-state index in [-0.39, 0.29) is 13.1 Å². The van der Waals surface area contributed by atoms with Crippen LogP contribution in [0.1, 0.15) is 36.2 Å². The number of benzene rings is 1. The summed E-state index contributed by atoms with van der Waals surface area (Å²) in [5.74, 6) is -1.43. The number of carboxylic acids is 1. The second-order valence-corrected chi connectivity index (χ2v) is 5.61. The molecule has 120 valence electrons. The molecule has 0 fully saturated rings. The summed E-state index contributed by atoms with van der Waals surface area (Å²) in [6.07, 6.45) is 0.326. The second-order valence-electron chi connectivity index (χ2n) is 5.61. The molecule has 3 amide bonds. The first kappa shape index (κ1) is 17.5. The molecule has 5 N–H and O–H groups in total. The molecule has 0 bridgehead atoms. The molecule has 0 radical (unpaired) electrons. The maximum absolute atomic E-state index is 11.6. The molecule has 7 heteroatoms. The van der Waals surface area contributed by atoms with Gasteiger partial charge in [-0.15, -0.1) is 0 Å². The Balaban J connectivity index is 2.39. The highest BCUT2D eigenvalue weighted by Crippen LogP contribution is 2.19. The lowest BCUT2D eigenvalue weighted by Gasteiger charge is -2.19. The van der Waals surface area contributed by atoms with E-state index in [0.717, 1.165) is 5.56 Å². The summed E-state index contributed by atoms with van der Waals surface area (Å²) in [4.78, 5) is 33.6. The molecular formula is C15H21N3O4. The fourth-order valence-electron chi connectivity index (χ4n) is 1.67. The summed E-state index contributed by atoms with van der Waals surface area (Å²) in [7, 11) is 0. The normalized spacial score (nSPS) is 10.8. The number of hydrogen-bond donors (Lipinski definition) is 4. The minimum atomic E-state index is -0.905. The summed E-state index contributed by atoms with van der Waals surface area (Å²) in [6.45, 7) is 3.70. The average molecular weight is 307 g/mol. The van der Waals surface area contributed by atoms with Crippen molar-refractivity contribution >= 4 is 17.9 Å². The summed E-state index contributed by atoms with van der Waals surface area (Å²) < 4.78 is 0. The molecule has 22 heavy (non-hydrogen) atoms. The van der Waals surface area contributed by atoms with Gasteiger partial charge in [-0.25, -0.2) is 4.79 Å². The Labute approximate surface area is 128 Å². The Morgan fingerprint density at radius 3 is 2.50 bits per heavy atom. The Hall–Kier alpha value is -2.57. The van der Waals surface area contributed by atoms with E-state index in [2.05, 4.69) is 10.6 Å². The van der Waals surface area contributed by atoms with Crippen LogP contribution in [0.4, 0.5) is 4.79 Å². The van der Waals surface area contributed by atoms with Gasteiger partial charge in [0.2, 0.25) is 5.91 Å². The minimum absolute atomic E-state index is 0.245. The van der Waals surface area contributed by atoms with E-state index in [1.807, 2.05) is 0 Å². The summed E-state index contributed by atoms with van der Waals surface area (Å²) >= 11 is 0. The van der Waals surface area contributed by atoms with Crippen LogP contribution < -0.4 is 16.4 Å². The first-order valence-corrected chi connectivity index (χ1v) is 6.86. The average Bonchev–Trinajstić information content (AvgIpc) is 2.45. The van der Waals surface area contributed by atoms with Gasteiger partial charge in [0.05, 0.1) is 5.41 Å². The highest BCUT2D eigenvalue weighted by atomic mass is 16.4. The molecule has 0 saturated heterocycles. The molecule has 0 saturated carbocycles. The molecule has 7 nitrogen and oxygen atoms in total. The third-order valence-electron chi connectivity index (χ3n) is 3.28. The molecule has 0 aliphatic rings. The van der Waals surface area contributed by atoms with E-state index >= 15 is 0 Å². The first-order chi connectivity index (χ1) is 10.2. The molecule has 1 aromatic carbocycles. The number of nitrogens with one attached hydrogen (secondary N) is 2. The van der Waals surface area contributed by atoms with Crippen molar-refractivity contribution in [1.29, 1.82) is 0 Å². The molecule has 1 rings (SSSR count). The quantitative estimate of drug-likeness (QED) is 0.602. The van der Waals surface area contributed by atoms with Gasteiger partial charge in [0, 0.05) is 18.7 Å². The lowest BCUT2D eigenvalue weighted by Crippen LogP contribution is -2.38. The van der Waals surface area contributed by atoms with E-state index in [1.165, 1.54) is 0 Å². The van der Waals surface area contributed by atoms with Gasteiger partial charge in [0.25, 0.3) is 0 Å². The standard InChI is InChI=1S/C15H21N3O4/c1-15(2,13(20)21)6-7-17-14(22)18-9-10-4-3-5-11(8-10)12(16)19/h3-5,8H,6-7,9H2,1-2H3,(H2,16,19)(H,20,21)(H2,17,18,22). The third-order valence-corrected chi connectivity index (χ3v) is 3.28. The van der Waals surface area contributed by atoms with Crippen LogP contribution in [0.3, 0.4) is 0 Å². The van der Waals surface area contributed by atoms with Crippen molar-refractivity contribution in [3.63, 3.8) is 0 Å². The van der Waals surface area contributed by atoms with E-state index in [0.29, 0.717) is 12.0 Å². The largest absolute Gasteiger partial charge is 0.481 e. The molecule has 0 unspecified atom stereocenters. The predicted molar refractivity (Wildman–Crippen MR) is 81.2 cm³/mol. The second kappa shape index (κ2) is 7.44. The van der Waals surface area contributed by atoms with Gasteiger partial charge in [-0.1, -0.05) is 12.1 Å². The molecule has 0 aliphatic heterocycles. The number of primary amides is 1. The molecular weight excluding hydrogens is 286 g/mol. The van der Waals surface area contributed by atoms with E-state index < -0.39 is 23.3 Å². The van der Waals surface area contributed by atoms with Gasteiger partial charge in [-0.3, -0.25) is 9.59 Å². The van der Waals surface area contributed by atoms with E-state index in [4.69, 9.17) is 10.8 Å². The van der Waals surface area contributed by atoms with Crippen LogP contribution in [-0.2, 0) is 11.3 Å². The number of amides is 3. The van der Waals surface area contributed by atoms with Gasteiger partial charge in [-0.05, 0) is 38.0 Å². The Morgan fingerprint density at radius 2 is 1.91 bits per heavy atom. The maximum Gasteiger partial charge on any atom is 0.315 e. The maximum atomic E-state index is 11.6. The summed E-state index contributed by atoms with van der Waals surface area (Å²) in [5, 5.41) is 14.2. The van der Waals surface area contributed by atoms with Gasteiger partial charge < -0.3 is 21.5 Å². The van der Waals surface area contributed by atoms with Crippen LogP contribution in [0.25, 0.3) is 0 Å². The molecule has 1 aromatic rings. The zero-order valence-electron chi connectivity index (χ0n) is 12.7. The zero-order valence-corrected chi connectivity index (χ0v) is 12.7. The number of rotatable bonds is 7. The van der Waals surface area contributed by atoms with Gasteiger partial charge in [0.1, 0.15) is 0 Å². The number of carbonyl (C=O) groups is 3. The van der Waals surface area contributed by atoms with Gasteiger partial charge in [-0.2, -0.15) is 0 Å². The number of nitrogens with two attached hydrogens (primary N) is 1. The zero-order chi connectivity index (χ0) is 16.8. The van der Waals surface area contributed by atoms with Crippen molar-refractivity contribution in [3.05, 3.63) is 35.4 Å². The fraction of sp³-hybridized carbons (Fsp3) is 0.400. The van der Waals surface area contributed by atoms with Crippen molar-refractivity contribution < 1.29 is 19.5 Å². The third kappa shape index (κ3) is 5.43. The Bertz CT molecular complexity index is 570. The van der Waals surface area contributed by atoms with Crippen LogP contribution >= 0.6 is 0 Å². The predicted octanol–water partition coefficient (Wildman–Crippen LogP) is 1.09. The van der Waals surface area contributed by atoms with Crippen LogP contribution in [0, 0.1) is 5.41 Å². The summed E-state index contributed by atoms with van der Waals surface area (Å²) in [6, 6.07) is 6.26. The lowest BCUT2D eigenvalue weighted by atomic mass is 9.90. The monoisotopic (exact) mass is 307 g/mol. The number of urea groups is 1. The van der Waals surface area contributed by atoms with Gasteiger partial charge in [0.15, 0.2) is 0 Å². The Morgan fingerprint density at radius 1 is 1.23 bits per heavy atom. The highest BCUT2D eigenvalue weighted by Gasteiger charge is 2.26. The van der Waals surface area contributed by atoms with Crippen molar-refractivity contribution in [3.8, 4) is 0 Å². The number of carboxylic acid groups (broad SMARTS) is 1. The number of aliphatic carboxylic acids is 1. The van der Waals surface area contributed by atoms with Crippen molar-refractivity contribution in [2.75, 3.05) is 6.54 Å². The SMILES string of the molecule is CC(C)(CCNC(=O)NCc1cccc(C(N)=O)c1)C(=O)O. The first-order valence-electron chi connectivity index (χ1n) is 6.86. The Kier molecular flexibility index (Phi) is 5.91. The fourth-order valence-corrected chi connectivity index (χ4v) is 1.67. The van der Waals surface area contributed by atoms with E-state index in [1.54, 1.807) is 38.1 Å². The molecule has 0 atom stereocenters. The smallest absolute Gasteiger partial charge is 0.315 e. The van der Waals surface area contributed by atoms with Crippen molar-refractivity contribution in [1.82, 2.24) is 10.6 Å². The van der Waals surface area contributed by atoms with E-state index in [9.17, 15) is 14.4 Å². The molecule has 0 aromatic heterocycles. The number of carbonyl (C=O) groups excluding carboxylic acids is 2. The minimum Gasteiger partial charge on any atom is -0.481 e.